The second-order valence-corrected chi connectivity index (χ2v) is 5.74. The average Bonchev–Trinajstić information content (AvgIpc) is 2.52. The lowest BCUT2D eigenvalue weighted by atomic mass is 10.2. The van der Waals surface area contributed by atoms with Gasteiger partial charge in [0.25, 0.3) is 0 Å². The summed E-state index contributed by atoms with van der Waals surface area (Å²) in [4.78, 5) is 11.7. The predicted octanol–water partition coefficient (Wildman–Crippen LogP) is 3.98. The highest BCUT2D eigenvalue weighted by atomic mass is 79.9. The minimum absolute atomic E-state index is 0.254. The highest BCUT2D eigenvalue weighted by Crippen LogP contribution is 2.23. The SMILES string of the molecule is O=C(NCCOc1ccccc1Br)NCc1ccccc1Cl. The van der Waals surface area contributed by atoms with E-state index >= 15 is 0 Å². The van der Waals surface area contributed by atoms with E-state index in [1.807, 2.05) is 42.5 Å². The van der Waals surface area contributed by atoms with Crippen LogP contribution in [0.3, 0.4) is 0 Å². The topological polar surface area (TPSA) is 50.4 Å². The van der Waals surface area contributed by atoms with Gasteiger partial charge in [-0.1, -0.05) is 41.9 Å². The quantitative estimate of drug-likeness (QED) is 0.741. The Morgan fingerprint density at radius 3 is 2.59 bits per heavy atom. The zero-order chi connectivity index (χ0) is 15.8. The first-order valence-electron chi connectivity index (χ1n) is 6.79. The highest BCUT2D eigenvalue weighted by molar-refractivity contribution is 9.10. The van der Waals surface area contributed by atoms with Crippen LogP contribution in [-0.4, -0.2) is 19.2 Å². The molecule has 2 rings (SSSR count). The molecule has 2 aromatic rings. The molecule has 2 N–H and O–H groups in total. The van der Waals surface area contributed by atoms with Gasteiger partial charge in [0.2, 0.25) is 0 Å². The van der Waals surface area contributed by atoms with Crippen LogP contribution in [0.15, 0.2) is 53.0 Å². The number of amides is 2. The third-order valence-electron chi connectivity index (χ3n) is 2.88. The average molecular weight is 384 g/mol. The fourth-order valence-corrected chi connectivity index (χ4v) is 2.37. The van der Waals surface area contributed by atoms with E-state index in [4.69, 9.17) is 16.3 Å². The number of carbonyl (C=O) groups excluding carboxylic acids is 1. The molecule has 0 fully saturated rings. The maximum Gasteiger partial charge on any atom is 0.315 e. The zero-order valence-corrected chi connectivity index (χ0v) is 14.2. The van der Waals surface area contributed by atoms with Crippen LogP contribution < -0.4 is 15.4 Å². The molecule has 0 saturated heterocycles. The summed E-state index contributed by atoms with van der Waals surface area (Å²) in [6.07, 6.45) is 0. The van der Waals surface area contributed by atoms with Crippen molar-refractivity contribution < 1.29 is 9.53 Å². The van der Waals surface area contributed by atoms with E-state index in [9.17, 15) is 4.79 Å². The van der Waals surface area contributed by atoms with E-state index in [1.165, 1.54) is 0 Å². The minimum Gasteiger partial charge on any atom is -0.491 e. The van der Waals surface area contributed by atoms with Gasteiger partial charge in [-0.2, -0.15) is 0 Å². The number of hydrogen-bond donors (Lipinski definition) is 2. The molecule has 0 aliphatic rings. The second kappa shape index (κ2) is 8.66. The summed E-state index contributed by atoms with van der Waals surface area (Å²) in [5.41, 5.74) is 0.879. The van der Waals surface area contributed by atoms with Crippen molar-refractivity contribution in [3.8, 4) is 5.75 Å². The summed E-state index contributed by atoms with van der Waals surface area (Å²) in [7, 11) is 0. The van der Waals surface area contributed by atoms with Crippen LogP contribution in [-0.2, 0) is 6.54 Å². The molecule has 0 radical (unpaired) electrons. The molecule has 0 aliphatic carbocycles. The number of ether oxygens (including phenoxy) is 1. The van der Waals surface area contributed by atoms with E-state index in [0.29, 0.717) is 24.7 Å². The molecular formula is C16H16BrClN2O2. The molecule has 0 unspecified atom stereocenters. The molecule has 0 bridgehead atoms. The van der Waals surface area contributed by atoms with Gasteiger partial charge in [0.1, 0.15) is 12.4 Å². The number of hydrogen-bond acceptors (Lipinski definition) is 2. The lowest BCUT2D eigenvalue weighted by molar-refractivity contribution is 0.236. The Morgan fingerprint density at radius 2 is 1.82 bits per heavy atom. The molecule has 2 aromatic carbocycles. The first-order valence-corrected chi connectivity index (χ1v) is 7.96. The van der Waals surface area contributed by atoms with E-state index in [2.05, 4.69) is 26.6 Å². The maximum absolute atomic E-state index is 11.7. The van der Waals surface area contributed by atoms with Crippen molar-refractivity contribution in [2.24, 2.45) is 0 Å². The number of para-hydroxylation sites is 1. The fourth-order valence-electron chi connectivity index (χ4n) is 1.77. The third-order valence-corrected chi connectivity index (χ3v) is 3.90. The normalized spacial score (nSPS) is 10.1. The van der Waals surface area contributed by atoms with Gasteiger partial charge in [0, 0.05) is 11.6 Å². The van der Waals surface area contributed by atoms with Gasteiger partial charge in [-0.05, 0) is 39.7 Å². The minimum atomic E-state index is -0.254. The number of urea groups is 1. The first kappa shape index (κ1) is 16.6. The lowest BCUT2D eigenvalue weighted by Crippen LogP contribution is -2.37. The molecule has 0 spiro atoms. The number of carbonyl (C=O) groups is 1. The predicted molar refractivity (Wildman–Crippen MR) is 91.3 cm³/mol. The number of rotatable bonds is 6. The molecule has 6 heteroatoms. The summed E-state index contributed by atoms with van der Waals surface area (Å²) < 4.78 is 6.45. The number of benzene rings is 2. The molecule has 0 aliphatic heterocycles. The fraction of sp³-hybridized carbons (Fsp3) is 0.188. The van der Waals surface area contributed by atoms with E-state index < -0.39 is 0 Å². The van der Waals surface area contributed by atoms with Crippen LogP contribution >= 0.6 is 27.5 Å². The molecule has 4 nitrogen and oxygen atoms in total. The Bertz CT molecular complexity index is 637. The molecule has 2 amide bonds. The maximum atomic E-state index is 11.7. The second-order valence-electron chi connectivity index (χ2n) is 4.48. The summed E-state index contributed by atoms with van der Waals surface area (Å²) in [5, 5.41) is 6.12. The van der Waals surface area contributed by atoms with Crippen molar-refractivity contribution in [2.45, 2.75) is 6.54 Å². The van der Waals surface area contributed by atoms with Gasteiger partial charge in [0.15, 0.2) is 0 Å². The Hall–Kier alpha value is -1.72. The van der Waals surface area contributed by atoms with Gasteiger partial charge >= 0.3 is 6.03 Å². The smallest absolute Gasteiger partial charge is 0.315 e. The molecule has 0 atom stereocenters. The van der Waals surface area contributed by atoms with Crippen LogP contribution in [0, 0.1) is 0 Å². The zero-order valence-electron chi connectivity index (χ0n) is 11.8. The van der Waals surface area contributed by atoms with Crippen molar-refractivity contribution in [1.82, 2.24) is 10.6 Å². The highest BCUT2D eigenvalue weighted by Gasteiger charge is 2.03. The molecule has 116 valence electrons. The third kappa shape index (κ3) is 5.24. The van der Waals surface area contributed by atoms with Gasteiger partial charge in [-0.3, -0.25) is 0 Å². The number of halogens is 2. The molecule has 0 heterocycles. The summed E-state index contributed by atoms with van der Waals surface area (Å²) in [6, 6.07) is 14.7. The van der Waals surface area contributed by atoms with Crippen molar-refractivity contribution in [1.29, 1.82) is 0 Å². The van der Waals surface area contributed by atoms with Crippen LogP contribution in [0.25, 0.3) is 0 Å². The van der Waals surface area contributed by atoms with Gasteiger partial charge in [0.05, 0.1) is 11.0 Å². The van der Waals surface area contributed by atoms with E-state index in [0.717, 1.165) is 15.8 Å². The Labute approximate surface area is 142 Å². The molecule has 0 saturated carbocycles. The van der Waals surface area contributed by atoms with Gasteiger partial charge < -0.3 is 15.4 Å². The Morgan fingerprint density at radius 1 is 1.09 bits per heavy atom. The summed E-state index contributed by atoms with van der Waals surface area (Å²) in [5.74, 6) is 0.751. The van der Waals surface area contributed by atoms with Gasteiger partial charge in [-0.15, -0.1) is 0 Å². The van der Waals surface area contributed by atoms with Crippen LogP contribution in [0.4, 0.5) is 4.79 Å². The number of nitrogens with one attached hydrogen (secondary N) is 2. The lowest BCUT2D eigenvalue weighted by Gasteiger charge is -2.10. The van der Waals surface area contributed by atoms with Crippen LogP contribution in [0.1, 0.15) is 5.56 Å². The van der Waals surface area contributed by atoms with Crippen molar-refractivity contribution in [3.63, 3.8) is 0 Å². The van der Waals surface area contributed by atoms with E-state index in [1.54, 1.807) is 6.07 Å². The first-order chi connectivity index (χ1) is 10.7. The largest absolute Gasteiger partial charge is 0.491 e. The van der Waals surface area contributed by atoms with E-state index in [-0.39, 0.29) is 6.03 Å². The van der Waals surface area contributed by atoms with Gasteiger partial charge in [-0.25, -0.2) is 4.79 Å². The summed E-state index contributed by atoms with van der Waals surface area (Å²) >= 11 is 9.42. The van der Waals surface area contributed by atoms with Crippen molar-refractivity contribution in [2.75, 3.05) is 13.2 Å². The Balaban J connectivity index is 1.66. The van der Waals surface area contributed by atoms with Crippen LogP contribution in [0.2, 0.25) is 5.02 Å². The molecule has 22 heavy (non-hydrogen) atoms. The molecular weight excluding hydrogens is 368 g/mol. The van der Waals surface area contributed by atoms with Crippen molar-refractivity contribution in [3.05, 3.63) is 63.6 Å². The molecule has 0 aromatic heterocycles. The standard InChI is InChI=1S/C16H16BrClN2O2/c17-13-6-2-4-8-15(13)22-10-9-19-16(21)20-11-12-5-1-3-7-14(12)18/h1-8H,9-11H2,(H2,19,20,21). The summed E-state index contributed by atoms with van der Waals surface area (Å²) in [6.45, 7) is 1.19. The van der Waals surface area contributed by atoms with Crippen LogP contribution in [0.5, 0.6) is 5.75 Å². The Kier molecular flexibility index (Phi) is 6.55. The monoisotopic (exact) mass is 382 g/mol. The van der Waals surface area contributed by atoms with Crippen molar-refractivity contribution >= 4 is 33.6 Å².